The van der Waals surface area contributed by atoms with Crippen LogP contribution < -0.4 is 4.74 Å². The maximum absolute atomic E-state index is 10.1. The first kappa shape index (κ1) is 28.1. The number of aliphatic hydroxyl groups is 4. The van der Waals surface area contributed by atoms with Gasteiger partial charge in [-0.05, 0) is 30.5 Å². The lowest BCUT2D eigenvalue weighted by atomic mass is 9.99. The molecule has 190 valence electrons. The highest BCUT2D eigenvalue weighted by atomic mass is 16.7. The Morgan fingerprint density at radius 3 is 1.91 bits per heavy atom. The Morgan fingerprint density at radius 2 is 1.33 bits per heavy atom. The Balaban J connectivity index is 1.59. The van der Waals surface area contributed by atoms with Gasteiger partial charge >= 0.3 is 0 Å². The highest BCUT2D eigenvalue weighted by Gasteiger charge is 2.44. The van der Waals surface area contributed by atoms with Crippen LogP contribution in [0.1, 0.15) is 96.0 Å². The van der Waals surface area contributed by atoms with Crippen LogP contribution in [0.25, 0.3) is 0 Å². The molecule has 2 rings (SSSR count). The number of aliphatic hydroxyl groups excluding tert-OH is 4. The van der Waals surface area contributed by atoms with Gasteiger partial charge in [0.05, 0.1) is 6.61 Å². The van der Waals surface area contributed by atoms with Crippen molar-refractivity contribution < 1.29 is 29.9 Å². The lowest BCUT2D eigenvalue weighted by Crippen LogP contribution is -2.60. The molecule has 6 heteroatoms. The molecule has 0 bridgehead atoms. The van der Waals surface area contributed by atoms with Crippen molar-refractivity contribution >= 4 is 0 Å². The first-order valence-corrected chi connectivity index (χ1v) is 13.1. The standard InChI is InChI=1S/C27H46O6/c1-2-3-4-5-6-7-8-9-10-11-12-13-14-16-21-17-15-18-22(19-21)32-27-26(31)25(30)24(29)23(20-28)33-27/h15,17-19,23-31H,2-14,16,20H2,1H3/t23-,24-,25+,26-,27-/m1/s1. The molecule has 1 aromatic carbocycles. The third kappa shape index (κ3) is 10.3. The molecule has 33 heavy (non-hydrogen) atoms. The summed E-state index contributed by atoms with van der Waals surface area (Å²) in [5.74, 6) is 0.534. The molecule has 1 fully saturated rings. The van der Waals surface area contributed by atoms with Gasteiger partial charge < -0.3 is 29.9 Å². The van der Waals surface area contributed by atoms with Gasteiger partial charge in [0.25, 0.3) is 0 Å². The van der Waals surface area contributed by atoms with E-state index in [1.807, 2.05) is 12.1 Å². The summed E-state index contributed by atoms with van der Waals surface area (Å²) in [4.78, 5) is 0. The van der Waals surface area contributed by atoms with E-state index in [9.17, 15) is 20.4 Å². The lowest BCUT2D eigenvalue weighted by Gasteiger charge is -2.39. The Hall–Kier alpha value is -1.18. The molecule has 1 aliphatic rings. The highest BCUT2D eigenvalue weighted by Crippen LogP contribution is 2.25. The van der Waals surface area contributed by atoms with Crippen LogP contribution in [0, 0.1) is 0 Å². The molecule has 1 aliphatic heterocycles. The van der Waals surface area contributed by atoms with Crippen LogP contribution >= 0.6 is 0 Å². The molecule has 0 radical (unpaired) electrons. The van der Waals surface area contributed by atoms with E-state index in [1.54, 1.807) is 6.07 Å². The summed E-state index contributed by atoms with van der Waals surface area (Å²) < 4.78 is 11.1. The molecule has 0 unspecified atom stereocenters. The van der Waals surface area contributed by atoms with E-state index in [0.29, 0.717) is 5.75 Å². The predicted molar refractivity (Wildman–Crippen MR) is 130 cm³/mol. The number of rotatable bonds is 17. The molecule has 0 saturated carbocycles. The summed E-state index contributed by atoms with van der Waals surface area (Å²) >= 11 is 0. The summed E-state index contributed by atoms with van der Waals surface area (Å²) in [7, 11) is 0. The minimum atomic E-state index is -1.44. The second kappa shape index (κ2) is 16.4. The summed E-state index contributed by atoms with van der Waals surface area (Å²) in [6, 6.07) is 7.65. The number of hydrogen-bond acceptors (Lipinski definition) is 6. The van der Waals surface area contributed by atoms with E-state index in [-0.39, 0.29) is 0 Å². The van der Waals surface area contributed by atoms with E-state index >= 15 is 0 Å². The van der Waals surface area contributed by atoms with Crippen LogP contribution in [0.5, 0.6) is 5.75 Å². The molecule has 1 aromatic rings. The smallest absolute Gasteiger partial charge is 0.229 e. The van der Waals surface area contributed by atoms with Gasteiger partial charge in [-0.3, -0.25) is 0 Å². The number of unbranched alkanes of at least 4 members (excludes halogenated alkanes) is 12. The van der Waals surface area contributed by atoms with Crippen LogP contribution in [0.15, 0.2) is 24.3 Å². The molecule has 5 atom stereocenters. The topological polar surface area (TPSA) is 99.4 Å². The molecule has 0 aliphatic carbocycles. The van der Waals surface area contributed by atoms with Gasteiger partial charge in [0, 0.05) is 0 Å². The average molecular weight is 467 g/mol. The lowest BCUT2D eigenvalue weighted by molar-refractivity contribution is -0.277. The zero-order valence-electron chi connectivity index (χ0n) is 20.4. The number of aryl methyl sites for hydroxylation is 1. The zero-order valence-corrected chi connectivity index (χ0v) is 20.4. The average Bonchev–Trinajstić information content (AvgIpc) is 2.82. The fourth-order valence-corrected chi connectivity index (χ4v) is 4.42. The van der Waals surface area contributed by atoms with E-state index in [1.165, 1.54) is 77.0 Å². The van der Waals surface area contributed by atoms with Crippen molar-refractivity contribution in [2.45, 2.75) is 128 Å². The Labute approximate surface area is 199 Å². The van der Waals surface area contributed by atoms with E-state index in [0.717, 1.165) is 18.4 Å². The number of benzene rings is 1. The van der Waals surface area contributed by atoms with Gasteiger partial charge in [-0.15, -0.1) is 0 Å². The quantitative estimate of drug-likeness (QED) is 0.252. The third-order valence-electron chi connectivity index (χ3n) is 6.57. The molecular formula is C27H46O6. The summed E-state index contributed by atoms with van der Waals surface area (Å²) in [5.41, 5.74) is 1.15. The summed E-state index contributed by atoms with van der Waals surface area (Å²) in [5, 5.41) is 39.3. The van der Waals surface area contributed by atoms with Crippen molar-refractivity contribution in [1.29, 1.82) is 0 Å². The molecule has 1 heterocycles. The number of ether oxygens (including phenoxy) is 2. The first-order valence-electron chi connectivity index (χ1n) is 13.1. The van der Waals surface area contributed by atoms with Gasteiger partial charge in [0.1, 0.15) is 30.2 Å². The van der Waals surface area contributed by atoms with Crippen LogP contribution in [-0.4, -0.2) is 57.7 Å². The minimum absolute atomic E-state index is 0.468. The molecule has 0 amide bonds. The SMILES string of the molecule is CCCCCCCCCCCCCCCc1cccc(O[C@@H]2O[C@H](CO)[C@@H](O)[C@H](O)[C@H]2O)c1. The largest absolute Gasteiger partial charge is 0.462 e. The predicted octanol–water partition coefficient (Wildman–Crippen LogP) is 4.50. The van der Waals surface area contributed by atoms with Crippen LogP contribution in [0.4, 0.5) is 0 Å². The van der Waals surface area contributed by atoms with E-state index in [4.69, 9.17) is 9.47 Å². The van der Waals surface area contributed by atoms with Gasteiger partial charge in [-0.2, -0.15) is 0 Å². The normalized spacial score (nSPS) is 25.3. The fraction of sp³-hybridized carbons (Fsp3) is 0.778. The maximum atomic E-state index is 10.1. The van der Waals surface area contributed by atoms with Crippen molar-refractivity contribution in [2.24, 2.45) is 0 Å². The monoisotopic (exact) mass is 466 g/mol. The minimum Gasteiger partial charge on any atom is -0.462 e. The van der Waals surface area contributed by atoms with Gasteiger partial charge in [-0.25, -0.2) is 0 Å². The van der Waals surface area contributed by atoms with Gasteiger partial charge in [-0.1, -0.05) is 96.1 Å². The fourth-order valence-electron chi connectivity index (χ4n) is 4.42. The van der Waals surface area contributed by atoms with Crippen molar-refractivity contribution in [1.82, 2.24) is 0 Å². The van der Waals surface area contributed by atoms with Gasteiger partial charge in [0.2, 0.25) is 6.29 Å². The second-order valence-corrected chi connectivity index (χ2v) is 9.46. The van der Waals surface area contributed by atoms with Crippen LogP contribution in [-0.2, 0) is 11.2 Å². The highest BCUT2D eigenvalue weighted by molar-refractivity contribution is 5.28. The molecule has 0 spiro atoms. The van der Waals surface area contributed by atoms with Gasteiger partial charge in [0.15, 0.2) is 0 Å². The summed E-state index contributed by atoms with van der Waals surface area (Å²) in [6.45, 7) is 1.80. The van der Waals surface area contributed by atoms with Crippen LogP contribution in [0.3, 0.4) is 0 Å². The first-order chi connectivity index (χ1) is 16.1. The van der Waals surface area contributed by atoms with E-state index < -0.39 is 37.3 Å². The Bertz CT molecular complexity index is 622. The molecule has 1 saturated heterocycles. The van der Waals surface area contributed by atoms with Crippen molar-refractivity contribution in [3.63, 3.8) is 0 Å². The van der Waals surface area contributed by atoms with E-state index in [2.05, 4.69) is 13.0 Å². The molecular weight excluding hydrogens is 420 g/mol. The van der Waals surface area contributed by atoms with Crippen molar-refractivity contribution in [3.05, 3.63) is 29.8 Å². The maximum Gasteiger partial charge on any atom is 0.229 e. The number of hydrogen-bond donors (Lipinski definition) is 4. The Kier molecular flexibility index (Phi) is 14.0. The zero-order chi connectivity index (χ0) is 23.9. The third-order valence-corrected chi connectivity index (χ3v) is 6.57. The second-order valence-electron chi connectivity index (χ2n) is 9.46. The molecule has 4 N–H and O–H groups in total. The Morgan fingerprint density at radius 1 is 0.758 bits per heavy atom. The van der Waals surface area contributed by atoms with Crippen molar-refractivity contribution in [2.75, 3.05) is 6.61 Å². The van der Waals surface area contributed by atoms with Crippen molar-refractivity contribution in [3.8, 4) is 5.75 Å². The summed E-state index contributed by atoms with van der Waals surface area (Å²) in [6.07, 6.45) is 12.0. The molecule has 6 nitrogen and oxygen atoms in total. The van der Waals surface area contributed by atoms with Crippen LogP contribution in [0.2, 0.25) is 0 Å². The molecule has 0 aromatic heterocycles.